The Morgan fingerprint density at radius 2 is 1.96 bits per heavy atom. The number of aromatic nitrogens is 2. The predicted octanol–water partition coefficient (Wildman–Crippen LogP) is 2.56. The fraction of sp³-hybridized carbons (Fsp3) is 0.474. The van der Waals surface area contributed by atoms with Gasteiger partial charge in [-0.1, -0.05) is 6.07 Å². The fourth-order valence-corrected chi connectivity index (χ4v) is 3.40. The number of benzene rings is 1. The largest absolute Gasteiger partial charge is 0.496 e. The van der Waals surface area contributed by atoms with Crippen LogP contribution in [-0.4, -0.2) is 43.5 Å². The third-order valence-electron chi connectivity index (χ3n) is 4.82. The van der Waals surface area contributed by atoms with E-state index in [0.717, 1.165) is 60.9 Å². The SMILES string of the molecule is COc1ccc(CNC2CCN(c3cccnn3)CC2)c(OC)c1C. The van der Waals surface area contributed by atoms with Crippen molar-refractivity contribution >= 4 is 5.82 Å². The molecule has 0 amide bonds. The summed E-state index contributed by atoms with van der Waals surface area (Å²) in [7, 11) is 3.40. The lowest BCUT2D eigenvalue weighted by Gasteiger charge is -2.33. The molecule has 134 valence electrons. The molecule has 1 aromatic carbocycles. The molecule has 1 aliphatic heterocycles. The highest BCUT2D eigenvalue weighted by atomic mass is 16.5. The molecule has 6 nitrogen and oxygen atoms in total. The first-order chi connectivity index (χ1) is 12.2. The lowest BCUT2D eigenvalue weighted by atomic mass is 10.0. The van der Waals surface area contributed by atoms with E-state index < -0.39 is 0 Å². The Hall–Kier alpha value is -2.34. The molecule has 25 heavy (non-hydrogen) atoms. The summed E-state index contributed by atoms with van der Waals surface area (Å²) < 4.78 is 11.0. The summed E-state index contributed by atoms with van der Waals surface area (Å²) in [6, 6.07) is 8.54. The molecule has 6 heteroatoms. The average molecular weight is 342 g/mol. The minimum Gasteiger partial charge on any atom is -0.496 e. The number of hydrogen-bond donors (Lipinski definition) is 1. The molecule has 1 aromatic heterocycles. The van der Waals surface area contributed by atoms with E-state index in [1.165, 1.54) is 0 Å². The number of methoxy groups -OCH3 is 2. The molecule has 1 aliphatic rings. The quantitative estimate of drug-likeness (QED) is 0.871. The van der Waals surface area contributed by atoms with E-state index >= 15 is 0 Å². The maximum Gasteiger partial charge on any atom is 0.151 e. The number of anilines is 1. The molecular formula is C19H26N4O2. The summed E-state index contributed by atoms with van der Waals surface area (Å²) in [5.74, 6) is 2.73. The maximum atomic E-state index is 5.59. The van der Waals surface area contributed by atoms with E-state index in [2.05, 4.69) is 26.5 Å². The van der Waals surface area contributed by atoms with Gasteiger partial charge >= 0.3 is 0 Å². The van der Waals surface area contributed by atoms with Gasteiger partial charge in [-0.15, -0.1) is 5.10 Å². The summed E-state index contributed by atoms with van der Waals surface area (Å²) in [5.41, 5.74) is 2.21. The van der Waals surface area contributed by atoms with Crippen LogP contribution in [0, 0.1) is 6.92 Å². The van der Waals surface area contributed by atoms with Crippen molar-refractivity contribution in [1.82, 2.24) is 15.5 Å². The number of hydrogen-bond acceptors (Lipinski definition) is 6. The van der Waals surface area contributed by atoms with Crippen molar-refractivity contribution in [3.8, 4) is 11.5 Å². The molecule has 2 aromatic rings. The molecule has 1 fully saturated rings. The van der Waals surface area contributed by atoms with Crippen LogP contribution >= 0.6 is 0 Å². The average Bonchev–Trinajstić information content (AvgIpc) is 2.67. The van der Waals surface area contributed by atoms with Crippen LogP contribution in [0.1, 0.15) is 24.0 Å². The monoisotopic (exact) mass is 342 g/mol. The summed E-state index contributed by atoms with van der Waals surface area (Å²) in [5, 5.41) is 11.8. The molecule has 0 atom stereocenters. The van der Waals surface area contributed by atoms with Gasteiger partial charge in [0.25, 0.3) is 0 Å². The van der Waals surface area contributed by atoms with Crippen LogP contribution < -0.4 is 19.7 Å². The van der Waals surface area contributed by atoms with E-state index in [9.17, 15) is 0 Å². The number of rotatable bonds is 6. The minimum atomic E-state index is 0.500. The van der Waals surface area contributed by atoms with Crippen molar-refractivity contribution in [3.05, 3.63) is 41.6 Å². The topological polar surface area (TPSA) is 59.5 Å². The third-order valence-corrected chi connectivity index (χ3v) is 4.82. The van der Waals surface area contributed by atoms with Crippen molar-refractivity contribution in [1.29, 1.82) is 0 Å². The zero-order chi connectivity index (χ0) is 17.6. The van der Waals surface area contributed by atoms with Crippen LogP contribution in [0.2, 0.25) is 0 Å². The van der Waals surface area contributed by atoms with E-state index in [1.807, 2.05) is 25.1 Å². The van der Waals surface area contributed by atoms with Gasteiger partial charge in [0.05, 0.1) is 14.2 Å². The first-order valence-corrected chi connectivity index (χ1v) is 8.69. The third kappa shape index (κ3) is 4.02. The molecule has 1 saturated heterocycles. The Kier molecular flexibility index (Phi) is 5.71. The highest BCUT2D eigenvalue weighted by molar-refractivity contribution is 5.49. The van der Waals surface area contributed by atoms with Gasteiger partial charge in [-0.25, -0.2) is 0 Å². The van der Waals surface area contributed by atoms with Gasteiger partial charge in [0.1, 0.15) is 11.5 Å². The standard InChI is InChI=1S/C19H26N4O2/c1-14-17(24-2)7-6-15(19(14)25-3)13-20-16-8-11-23(12-9-16)18-5-4-10-21-22-18/h4-7,10,16,20H,8-9,11-13H2,1-3H3. The Morgan fingerprint density at radius 1 is 1.16 bits per heavy atom. The van der Waals surface area contributed by atoms with Gasteiger partial charge in [0.2, 0.25) is 0 Å². The molecule has 3 rings (SSSR count). The molecule has 2 heterocycles. The summed E-state index contributed by atoms with van der Waals surface area (Å²) in [4.78, 5) is 2.29. The van der Waals surface area contributed by atoms with Crippen LogP contribution in [0.5, 0.6) is 11.5 Å². The Morgan fingerprint density at radius 3 is 2.60 bits per heavy atom. The van der Waals surface area contributed by atoms with E-state index in [1.54, 1.807) is 20.4 Å². The van der Waals surface area contributed by atoms with Gasteiger partial charge in [-0.3, -0.25) is 0 Å². The first-order valence-electron chi connectivity index (χ1n) is 8.69. The van der Waals surface area contributed by atoms with E-state index in [4.69, 9.17) is 9.47 Å². The van der Waals surface area contributed by atoms with Crippen LogP contribution in [0.4, 0.5) is 5.82 Å². The predicted molar refractivity (Wildman–Crippen MR) is 98.4 cm³/mol. The molecule has 0 spiro atoms. The summed E-state index contributed by atoms with van der Waals surface area (Å²) in [6.07, 6.45) is 3.89. The van der Waals surface area contributed by atoms with Crippen LogP contribution in [0.15, 0.2) is 30.5 Å². The van der Waals surface area contributed by atoms with Crippen molar-refractivity contribution in [2.24, 2.45) is 0 Å². The smallest absolute Gasteiger partial charge is 0.151 e. The van der Waals surface area contributed by atoms with Crippen LogP contribution in [-0.2, 0) is 6.54 Å². The van der Waals surface area contributed by atoms with Gasteiger partial charge in [0, 0.05) is 43.0 Å². The number of nitrogens with zero attached hydrogens (tertiary/aromatic N) is 3. The lowest BCUT2D eigenvalue weighted by molar-refractivity contribution is 0.377. The highest BCUT2D eigenvalue weighted by Gasteiger charge is 2.20. The second-order valence-corrected chi connectivity index (χ2v) is 6.31. The fourth-order valence-electron chi connectivity index (χ4n) is 3.40. The second-order valence-electron chi connectivity index (χ2n) is 6.31. The van der Waals surface area contributed by atoms with E-state index in [0.29, 0.717) is 6.04 Å². The second kappa shape index (κ2) is 8.16. The molecule has 0 saturated carbocycles. The van der Waals surface area contributed by atoms with Crippen LogP contribution in [0.25, 0.3) is 0 Å². The number of piperidine rings is 1. The normalized spacial score (nSPS) is 15.2. The lowest BCUT2D eigenvalue weighted by Crippen LogP contribution is -2.42. The van der Waals surface area contributed by atoms with Crippen molar-refractivity contribution in [2.45, 2.75) is 32.4 Å². The van der Waals surface area contributed by atoms with Crippen molar-refractivity contribution in [2.75, 3.05) is 32.2 Å². The zero-order valence-corrected chi connectivity index (χ0v) is 15.2. The van der Waals surface area contributed by atoms with Gasteiger partial charge in [-0.2, -0.15) is 5.10 Å². The Balaban J connectivity index is 1.56. The van der Waals surface area contributed by atoms with Crippen molar-refractivity contribution < 1.29 is 9.47 Å². The molecular weight excluding hydrogens is 316 g/mol. The Labute approximate surface area is 149 Å². The first kappa shape index (κ1) is 17.5. The molecule has 0 aliphatic carbocycles. The summed E-state index contributed by atoms with van der Waals surface area (Å²) in [6.45, 7) is 4.81. The number of nitrogens with one attached hydrogen (secondary N) is 1. The van der Waals surface area contributed by atoms with Gasteiger partial charge in [0.15, 0.2) is 5.82 Å². The van der Waals surface area contributed by atoms with Crippen molar-refractivity contribution in [3.63, 3.8) is 0 Å². The summed E-state index contributed by atoms with van der Waals surface area (Å²) >= 11 is 0. The zero-order valence-electron chi connectivity index (χ0n) is 15.2. The van der Waals surface area contributed by atoms with Crippen LogP contribution in [0.3, 0.4) is 0 Å². The molecule has 0 unspecified atom stereocenters. The minimum absolute atomic E-state index is 0.500. The maximum absolute atomic E-state index is 5.59. The van der Waals surface area contributed by atoms with E-state index in [-0.39, 0.29) is 0 Å². The Bertz CT molecular complexity index is 685. The molecule has 1 N–H and O–H groups in total. The molecule has 0 radical (unpaired) electrons. The van der Waals surface area contributed by atoms with Gasteiger partial charge in [-0.05, 0) is 38.0 Å². The highest BCUT2D eigenvalue weighted by Crippen LogP contribution is 2.31. The number of ether oxygens (including phenoxy) is 2. The molecule has 0 bridgehead atoms. The van der Waals surface area contributed by atoms with Gasteiger partial charge < -0.3 is 19.7 Å².